The Labute approximate surface area is 132 Å². The van der Waals surface area contributed by atoms with E-state index in [0.29, 0.717) is 16.4 Å². The van der Waals surface area contributed by atoms with Gasteiger partial charge in [-0.3, -0.25) is 4.79 Å². The molecule has 0 amide bonds. The predicted molar refractivity (Wildman–Crippen MR) is 91.4 cm³/mol. The first kappa shape index (κ1) is 13.4. The number of nitrogens with zero attached hydrogens (tertiary/aromatic N) is 1. The molecule has 2 aromatic carbocycles. The van der Waals surface area contributed by atoms with Crippen molar-refractivity contribution in [3.05, 3.63) is 63.3 Å². The summed E-state index contributed by atoms with van der Waals surface area (Å²) in [6.45, 7) is 0.840. The number of aromatic nitrogens is 1. The van der Waals surface area contributed by atoms with Gasteiger partial charge in [0.1, 0.15) is 5.82 Å². The molecular weight excluding hydrogens is 296 g/mol. The van der Waals surface area contributed by atoms with Crippen molar-refractivity contribution in [1.29, 1.82) is 0 Å². The van der Waals surface area contributed by atoms with Crippen LogP contribution < -0.4 is 11.2 Å². The minimum Gasteiger partial charge on any atom is -0.384 e. The Kier molecular flexibility index (Phi) is 2.98. The Morgan fingerprint density at radius 1 is 1.14 bits per heavy atom. The first-order valence-electron chi connectivity index (χ1n) is 7.36. The first-order chi connectivity index (χ1) is 10.7. The van der Waals surface area contributed by atoms with Gasteiger partial charge in [-0.2, -0.15) is 0 Å². The SMILES string of the molecule is Nc1c(-c2cccc(Cl)c2)c(=O)c2cccc3c2n1CCC3. The van der Waals surface area contributed by atoms with Gasteiger partial charge in [0.15, 0.2) is 5.43 Å². The molecule has 0 saturated heterocycles. The van der Waals surface area contributed by atoms with Crippen molar-refractivity contribution in [2.24, 2.45) is 0 Å². The van der Waals surface area contributed by atoms with Crippen LogP contribution in [0.15, 0.2) is 47.3 Å². The predicted octanol–water partition coefficient (Wildman–Crippen LogP) is 3.85. The summed E-state index contributed by atoms with van der Waals surface area (Å²) in [5, 5.41) is 1.34. The fourth-order valence-corrected chi connectivity index (χ4v) is 3.57. The summed E-state index contributed by atoms with van der Waals surface area (Å²) < 4.78 is 2.08. The zero-order valence-corrected chi connectivity index (χ0v) is 12.7. The molecular formula is C18H15ClN2O. The molecule has 0 atom stereocenters. The largest absolute Gasteiger partial charge is 0.384 e. The molecule has 0 saturated carbocycles. The molecule has 2 heterocycles. The van der Waals surface area contributed by atoms with Crippen LogP contribution >= 0.6 is 11.6 Å². The van der Waals surface area contributed by atoms with Crippen LogP contribution in [0.5, 0.6) is 0 Å². The summed E-state index contributed by atoms with van der Waals surface area (Å²) in [4.78, 5) is 13.0. The Hall–Kier alpha value is -2.26. The van der Waals surface area contributed by atoms with Gasteiger partial charge < -0.3 is 10.3 Å². The maximum absolute atomic E-state index is 13.0. The summed E-state index contributed by atoms with van der Waals surface area (Å²) in [6, 6.07) is 13.2. The highest BCUT2D eigenvalue weighted by molar-refractivity contribution is 6.30. The number of hydrogen-bond acceptors (Lipinski definition) is 2. The van der Waals surface area contributed by atoms with Gasteiger partial charge in [0, 0.05) is 17.0 Å². The van der Waals surface area contributed by atoms with E-state index in [4.69, 9.17) is 17.3 Å². The third-order valence-corrected chi connectivity index (χ3v) is 4.58. The van der Waals surface area contributed by atoms with Gasteiger partial charge in [-0.25, -0.2) is 0 Å². The molecule has 0 bridgehead atoms. The van der Waals surface area contributed by atoms with Crippen LogP contribution in [0.2, 0.25) is 5.02 Å². The smallest absolute Gasteiger partial charge is 0.199 e. The van der Waals surface area contributed by atoms with E-state index in [1.54, 1.807) is 12.1 Å². The molecule has 0 fully saturated rings. The Bertz CT molecular complexity index is 959. The van der Waals surface area contributed by atoms with Crippen molar-refractivity contribution in [3.8, 4) is 11.1 Å². The molecule has 0 aliphatic carbocycles. The topological polar surface area (TPSA) is 48.0 Å². The lowest BCUT2D eigenvalue weighted by Crippen LogP contribution is -2.21. The van der Waals surface area contributed by atoms with Crippen LogP contribution in [0.25, 0.3) is 22.0 Å². The Morgan fingerprint density at radius 3 is 2.77 bits per heavy atom. The lowest BCUT2D eigenvalue weighted by molar-refractivity contribution is 0.638. The van der Waals surface area contributed by atoms with Gasteiger partial charge in [0.25, 0.3) is 0 Å². The van der Waals surface area contributed by atoms with E-state index >= 15 is 0 Å². The summed E-state index contributed by atoms with van der Waals surface area (Å²) in [6.07, 6.45) is 2.03. The van der Waals surface area contributed by atoms with Gasteiger partial charge in [0.2, 0.25) is 0 Å². The van der Waals surface area contributed by atoms with Crippen molar-refractivity contribution >= 4 is 28.3 Å². The average molecular weight is 311 g/mol. The molecule has 3 aromatic rings. The van der Waals surface area contributed by atoms with Crippen molar-refractivity contribution in [2.45, 2.75) is 19.4 Å². The number of para-hydroxylation sites is 1. The lowest BCUT2D eigenvalue weighted by Gasteiger charge is -2.23. The third-order valence-electron chi connectivity index (χ3n) is 4.35. The molecule has 0 radical (unpaired) electrons. The monoisotopic (exact) mass is 310 g/mol. The van der Waals surface area contributed by atoms with Gasteiger partial charge in [0.05, 0.1) is 11.1 Å². The number of halogens is 1. The van der Waals surface area contributed by atoms with Gasteiger partial charge in [-0.15, -0.1) is 0 Å². The second kappa shape index (κ2) is 4.89. The van der Waals surface area contributed by atoms with E-state index in [2.05, 4.69) is 10.6 Å². The minimum absolute atomic E-state index is 0.0187. The third kappa shape index (κ3) is 1.86. The minimum atomic E-state index is -0.0187. The van der Waals surface area contributed by atoms with Gasteiger partial charge in [-0.1, -0.05) is 35.9 Å². The van der Waals surface area contributed by atoms with Crippen molar-refractivity contribution in [1.82, 2.24) is 4.57 Å². The zero-order chi connectivity index (χ0) is 15.3. The standard InChI is InChI=1S/C18H15ClN2O/c19-13-7-1-5-12(10-13)15-17(22)14-8-2-4-11-6-3-9-21(16(11)14)18(15)20/h1-2,4-5,7-8,10H,3,6,9,20H2. The van der Waals surface area contributed by atoms with Gasteiger partial charge in [-0.05, 0) is 42.2 Å². The zero-order valence-electron chi connectivity index (χ0n) is 12.0. The molecule has 0 unspecified atom stereocenters. The van der Waals surface area contributed by atoms with E-state index < -0.39 is 0 Å². The van der Waals surface area contributed by atoms with Crippen molar-refractivity contribution < 1.29 is 0 Å². The van der Waals surface area contributed by atoms with E-state index in [-0.39, 0.29) is 5.43 Å². The average Bonchev–Trinajstić information content (AvgIpc) is 2.53. The summed E-state index contributed by atoms with van der Waals surface area (Å²) in [5.41, 5.74) is 9.86. The first-order valence-corrected chi connectivity index (χ1v) is 7.74. The fraction of sp³-hybridized carbons (Fsp3) is 0.167. The summed E-state index contributed by atoms with van der Waals surface area (Å²) in [7, 11) is 0. The van der Waals surface area contributed by atoms with Crippen LogP contribution in [0.3, 0.4) is 0 Å². The Balaban J connectivity index is 2.16. The highest BCUT2D eigenvalue weighted by Gasteiger charge is 2.20. The molecule has 2 N–H and O–H groups in total. The molecule has 1 aliphatic heterocycles. The Morgan fingerprint density at radius 2 is 1.95 bits per heavy atom. The maximum atomic E-state index is 13.0. The van der Waals surface area contributed by atoms with Gasteiger partial charge >= 0.3 is 0 Å². The number of anilines is 1. The van der Waals surface area contributed by atoms with Crippen LogP contribution in [-0.2, 0) is 13.0 Å². The van der Waals surface area contributed by atoms with E-state index in [1.165, 1.54) is 5.56 Å². The van der Waals surface area contributed by atoms with Crippen molar-refractivity contribution in [3.63, 3.8) is 0 Å². The number of rotatable bonds is 1. The van der Waals surface area contributed by atoms with Crippen LogP contribution in [0, 0.1) is 0 Å². The van der Waals surface area contributed by atoms with E-state index in [0.717, 1.165) is 35.9 Å². The molecule has 110 valence electrons. The molecule has 1 aliphatic rings. The van der Waals surface area contributed by atoms with Crippen molar-refractivity contribution in [2.75, 3.05) is 5.73 Å². The molecule has 1 aromatic heterocycles. The summed E-state index contributed by atoms with van der Waals surface area (Å²) >= 11 is 6.08. The lowest BCUT2D eigenvalue weighted by atomic mass is 9.97. The summed E-state index contributed by atoms with van der Waals surface area (Å²) in [5.74, 6) is 0.534. The second-order valence-electron chi connectivity index (χ2n) is 5.67. The normalized spacial score (nSPS) is 13.5. The molecule has 22 heavy (non-hydrogen) atoms. The second-order valence-corrected chi connectivity index (χ2v) is 6.10. The maximum Gasteiger partial charge on any atom is 0.199 e. The number of benzene rings is 2. The number of nitrogen functional groups attached to an aromatic ring is 1. The molecule has 4 rings (SSSR count). The number of nitrogens with two attached hydrogens (primary N) is 1. The number of pyridine rings is 1. The fourth-order valence-electron chi connectivity index (χ4n) is 3.38. The molecule has 3 nitrogen and oxygen atoms in total. The van der Waals surface area contributed by atoms with Crippen LogP contribution in [-0.4, -0.2) is 4.57 Å². The van der Waals surface area contributed by atoms with E-state index in [9.17, 15) is 4.79 Å². The highest BCUT2D eigenvalue weighted by atomic mass is 35.5. The number of aryl methyl sites for hydroxylation is 2. The molecule has 0 spiro atoms. The highest BCUT2D eigenvalue weighted by Crippen LogP contribution is 2.32. The molecule has 4 heteroatoms. The van der Waals surface area contributed by atoms with Crippen LogP contribution in [0.4, 0.5) is 5.82 Å². The van der Waals surface area contributed by atoms with E-state index in [1.807, 2.05) is 24.3 Å². The number of hydrogen-bond donors (Lipinski definition) is 1. The quantitative estimate of drug-likeness (QED) is 0.742. The van der Waals surface area contributed by atoms with Crippen LogP contribution in [0.1, 0.15) is 12.0 Å².